The van der Waals surface area contributed by atoms with E-state index < -0.39 is 5.54 Å². The lowest BCUT2D eigenvalue weighted by atomic mass is 9.92. The first-order valence-electron chi connectivity index (χ1n) is 6.08. The Morgan fingerprint density at radius 1 is 1.24 bits per heavy atom. The van der Waals surface area contributed by atoms with Gasteiger partial charge in [0, 0.05) is 12.7 Å². The zero-order valence-electron chi connectivity index (χ0n) is 11.2. The van der Waals surface area contributed by atoms with Gasteiger partial charge in [0.2, 0.25) is 5.91 Å². The molecular weight excluding hydrogens is 212 g/mol. The fourth-order valence-electron chi connectivity index (χ4n) is 1.77. The van der Waals surface area contributed by atoms with Gasteiger partial charge in [-0.15, -0.1) is 0 Å². The van der Waals surface area contributed by atoms with Crippen molar-refractivity contribution in [1.29, 1.82) is 0 Å². The highest BCUT2D eigenvalue weighted by molar-refractivity contribution is 5.99. The van der Waals surface area contributed by atoms with Gasteiger partial charge >= 0.3 is 0 Å². The molecule has 3 nitrogen and oxygen atoms in total. The van der Waals surface area contributed by atoms with Gasteiger partial charge in [0.25, 0.3) is 0 Å². The molecule has 0 atom stereocenters. The van der Waals surface area contributed by atoms with Gasteiger partial charge in [-0.1, -0.05) is 31.5 Å². The molecule has 0 bridgehead atoms. The minimum Gasteiger partial charge on any atom is -0.317 e. The Balaban J connectivity index is 2.93. The Labute approximate surface area is 104 Å². The van der Waals surface area contributed by atoms with E-state index in [9.17, 15) is 4.79 Å². The van der Waals surface area contributed by atoms with Crippen LogP contribution in [0.2, 0.25) is 0 Å². The molecule has 3 heteroatoms. The molecule has 0 saturated carbocycles. The number of hydrogen-bond donors (Lipinski definition) is 1. The lowest BCUT2D eigenvalue weighted by Gasteiger charge is -2.30. The van der Waals surface area contributed by atoms with Crippen LogP contribution in [0.25, 0.3) is 0 Å². The number of nitrogens with two attached hydrogens (primary N) is 1. The summed E-state index contributed by atoms with van der Waals surface area (Å²) in [7, 11) is 1.78. The standard InChI is InChI=1S/C14H22N2O/c1-5-14(15,6-2)13(17)16(4)12-9-7-11(3)8-10-12/h7-10H,5-6,15H2,1-4H3. The lowest BCUT2D eigenvalue weighted by Crippen LogP contribution is -2.53. The quantitative estimate of drug-likeness (QED) is 0.870. The number of benzene rings is 1. The van der Waals surface area contributed by atoms with E-state index in [-0.39, 0.29) is 5.91 Å². The maximum atomic E-state index is 12.3. The van der Waals surface area contributed by atoms with Crippen LogP contribution in [0.3, 0.4) is 0 Å². The Kier molecular flexibility index (Phi) is 4.29. The Hall–Kier alpha value is -1.35. The summed E-state index contributed by atoms with van der Waals surface area (Å²) in [6.45, 7) is 5.92. The highest BCUT2D eigenvalue weighted by Gasteiger charge is 2.32. The van der Waals surface area contributed by atoms with Crippen LogP contribution >= 0.6 is 0 Å². The summed E-state index contributed by atoms with van der Waals surface area (Å²) in [5.74, 6) is -0.0219. The number of carbonyl (C=O) groups excluding carboxylic acids is 1. The molecule has 17 heavy (non-hydrogen) atoms. The van der Waals surface area contributed by atoms with Gasteiger partial charge in [0.15, 0.2) is 0 Å². The molecule has 0 saturated heterocycles. The molecule has 0 spiro atoms. The van der Waals surface area contributed by atoms with Crippen LogP contribution in [0.5, 0.6) is 0 Å². The molecule has 1 aromatic rings. The van der Waals surface area contributed by atoms with Crippen LogP contribution in [0, 0.1) is 6.92 Å². The van der Waals surface area contributed by atoms with Gasteiger partial charge in [-0.05, 0) is 31.9 Å². The molecule has 94 valence electrons. The van der Waals surface area contributed by atoms with Crippen LogP contribution in [0.15, 0.2) is 24.3 Å². The molecule has 0 aromatic heterocycles. The number of aryl methyl sites for hydroxylation is 1. The number of likely N-dealkylation sites (N-methyl/N-ethyl adjacent to an activating group) is 1. The first-order valence-corrected chi connectivity index (χ1v) is 6.08. The summed E-state index contributed by atoms with van der Waals surface area (Å²) in [6, 6.07) is 7.88. The predicted molar refractivity (Wildman–Crippen MR) is 72.1 cm³/mol. The molecule has 0 aliphatic carbocycles. The van der Waals surface area contributed by atoms with E-state index >= 15 is 0 Å². The second kappa shape index (κ2) is 5.32. The van der Waals surface area contributed by atoms with Crippen LogP contribution in [-0.2, 0) is 4.79 Å². The van der Waals surface area contributed by atoms with E-state index in [1.165, 1.54) is 5.56 Å². The van der Waals surface area contributed by atoms with Crippen LogP contribution in [0.4, 0.5) is 5.69 Å². The third-order valence-corrected chi connectivity index (χ3v) is 3.41. The van der Waals surface area contributed by atoms with E-state index in [0.717, 1.165) is 5.69 Å². The molecule has 0 radical (unpaired) electrons. The number of rotatable bonds is 4. The largest absolute Gasteiger partial charge is 0.317 e. The summed E-state index contributed by atoms with van der Waals surface area (Å²) in [5.41, 5.74) is 7.43. The maximum absolute atomic E-state index is 12.3. The van der Waals surface area contributed by atoms with Crippen molar-refractivity contribution in [2.75, 3.05) is 11.9 Å². The Morgan fingerprint density at radius 2 is 1.71 bits per heavy atom. The topological polar surface area (TPSA) is 46.3 Å². The van der Waals surface area contributed by atoms with Crippen molar-refractivity contribution in [3.63, 3.8) is 0 Å². The fraction of sp³-hybridized carbons (Fsp3) is 0.500. The van der Waals surface area contributed by atoms with Gasteiger partial charge in [-0.3, -0.25) is 4.79 Å². The molecule has 0 aliphatic heterocycles. The Morgan fingerprint density at radius 3 is 2.12 bits per heavy atom. The van der Waals surface area contributed by atoms with Gasteiger partial charge in [-0.25, -0.2) is 0 Å². The molecular formula is C14H22N2O. The van der Waals surface area contributed by atoms with Gasteiger partial charge in [-0.2, -0.15) is 0 Å². The second-order valence-corrected chi connectivity index (χ2v) is 4.56. The first kappa shape index (κ1) is 13.7. The van der Waals surface area contributed by atoms with Crippen molar-refractivity contribution in [2.24, 2.45) is 5.73 Å². The number of nitrogens with zero attached hydrogens (tertiary/aromatic N) is 1. The molecule has 2 N–H and O–H groups in total. The smallest absolute Gasteiger partial charge is 0.246 e. The third kappa shape index (κ3) is 2.86. The lowest BCUT2D eigenvalue weighted by molar-refractivity contribution is -0.123. The number of carbonyl (C=O) groups is 1. The zero-order valence-corrected chi connectivity index (χ0v) is 11.2. The van der Waals surface area contributed by atoms with Crippen molar-refractivity contribution in [3.8, 4) is 0 Å². The molecule has 0 unspecified atom stereocenters. The summed E-state index contributed by atoms with van der Waals surface area (Å²) in [5, 5.41) is 0. The molecule has 1 aromatic carbocycles. The molecule has 1 amide bonds. The summed E-state index contributed by atoms with van der Waals surface area (Å²) < 4.78 is 0. The van der Waals surface area contributed by atoms with Gasteiger partial charge < -0.3 is 10.6 Å². The first-order chi connectivity index (χ1) is 7.94. The van der Waals surface area contributed by atoms with Gasteiger partial charge in [0.05, 0.1) is 5.54 Å². The van der Waals surface area contributed by atoms with Crippen molar-refractivity contribution in [2.45, 2.75) is 39.2 Å². The average molecular weight is 234 g/mol. The number of anilines is 1. The summed E-state index contributed by atoms with van der Waals surface area (Å²) in [4.78, 5) is 14.0. The highest BCUT2D eigenvalue weighted by Crippen LogP contribution is 2.20. The van der Waals surface area contributed by atoms with Crippen molar-refractivity contribution < 1.29 is 4.79 Å². The van der Waals surface area contributed by atoms with Crippen LogP contribution in [0.1, 0.15) is 32.3 Å². The van der Waals surface area contributed by atoms with E-state index in [4.69, 9.17) is 5.73 Å². The number of hydrogen-bond acceptors (Lipinski definition) is 2. The SMILES string of the molecule is CCC(N)(CC)C(=O)N(C)c1ccc(C)cc1. The van der Waals surface area contributed by atoms with Crippen LogP contribution < -0.4 is 10.6 Å². The zero-order chi connectivity index (χ0) is 13.1. The van der Waals surface area contributed by atoms with E-state index in [1.54, 1.807) is 11.9 Å². The normalized spacial score (nSPS) is 11.4. The van der Waals surface area contributed by atoms with E-state index in [2.05, 4.69) is 0 Å². The molecule has 0 heterocycles. The minimum absolute atomic E-state index is 0.0219. The van der Waals surface area contributed by atoms with Crippen LogP contribution in [-0.4, -0.2) is 18.5 Å². The predicted octanol–water partition coefficient (Wildman–Crippen LogP) is 2.48. The van der Waals surface area contributed by atoms with Crippen molar-refractivity contribution in [3.05, 3.63) is 29.8 Å². The second-order valence-electron chi connectivity index (χ2n) is 4.56. The monoisotopic (exact) mass is 234 g/mol. The van der Waals surface area contributed by atoms with E-state index in [1.807, 2.05) is 45.0 Å². The fourth-order valence-corrected chi connectivity index (χ4v) is 1.77. The van der Waals surface area contributed by atoms with E-state index in [0.29, 0.717) is 12.8 Å². The highest BCUT2D eigenvalue weighted by atomic mass is 16.2. The molecule has 0 aliphatic rings. The van der Waals surface area contributed by atoms with Gasteiger partial charge in [0.1, 0.15) is 0 Å². The minimum atomic E-state index is -0.750. The average Bonchev–Trinajstić information content (AvgIpc) is 2.37. The summed E-state index contributed by atoms with van der Waals surface area (Å²) >= 11 is 0. The maximum Gasteiger partial charge on any atom is 0.246 e. The third-order valence-electron chi connectivity index (χ3n) is 3.41. The number of amides is 1. The Bertz CT molecular complexity index is 380. The molecule has 0 fully saturated rings. The molecule has 1 rings (SSSR count). The summed E-state index contributed by atoms with van der Waals surface area (Å²) in [6.07, 6.45) is 1.30. The van der Waals surface area contributed by atoms with Crippen molar-refractivity contribution in [1.82, 2.24) is 0 Å². The van der Waals surface area contributed by atoms with Crippen molar-refractivity contribution >= 4 is 11.6 Å².